The van der Waals surface area contributed by atoms with Gasteiger partial charge in [0.2, 0.25) is 0 Å². The molecule has 0 saturated carbocycles. The van der Waals surface area contributed by atoms with Gasteiger partial charge >= 0.3 is 6.18 Å². The molecule has 0 bridgehead atoms. The molecule has 0 spiro atoms. The maximum absolute atomic E-state index is 12.9. The normalized spacial score (nSPS) is 11.1. The van der Waals surface area contributed by atoms with Gasteiger partial charge in [-0.15, -0.1) is 0 Å². The van der Waals surface area contributed by atoms with E-state index in [-0.39, 0.29) is 5.56 Å². The molecular formula is C20H13F3N2OS. The van der Waals surface area contributed by atoms with E-state index in [1.54, 1.807) is 25.3 Å². The summed E-state index contributed by atoms with van der Waals surface area (Å²) in [5.74, 6) is 0.648. The minimum atomic E-state index is -4.43. The Kier molecular flexibility index (Phi) is 5.38. The van der Waals surface area contributed by atoms with Gasteiger partial charge in [-0.2, -0.15) is 18.4 Å². The number of nitrogens with zero attached hydrogens (tertiary/aromatic N) is 2. The Hall–Kier alpha value is -2.98. The third-order valence-electron chi connectivity index (χ3n) is 3.77. The van der Waals surface area contributed by atoms with Crippen LogP contribution in [0.5, 0.6) is 5.75 Å². The number of benzene rings is 2. The summed E-state index contributed by atoms with van der Waals surface area (Å²) >= 11 is 1.26. The molecule has 0 unspecified atom stereocenters. The van der Waals surface area contributed by atoms with Crippen LogP contribution in [0.1, 0.15) is 11.1 Å². The zero-order valence-corrected chi connectivity index (χ0v) is 14.9. The molecular weight excluding hydrogens is 373 g/mol. The van der Waals surface area contributed by atoms with E-state index in [1.807, 2.05) is 18.2 Å². The number of halogens is 3. The average Bonchev–Trinajstić information content (AvgIpc) is 2.68. The Morgan fingerprint density at radius 1 is 1.04 bits per heavy atom. The van der Waals surface area contributed by atoms with Gasteiger partial charge in [-0.25, -0.2) is 4.98 Å². The number of pyridine rings is 1. The highest BCUT2D eigenvalue weighted by molar-refractivity contribution is 7.99. The largest absolute Gasteiger partial charge is 0.496 e. The second kappa shape index (κ2) is 7.72. The lowest BCUT2D eigenvalue weighted by atomic mass is 10.0. The van der Waals surface area contributed by atoms with E-state index in [9.17, 15) is 18.4 Å². The number of alkyl halides is 3. The van der Waals surface area contributed by atoms with E-state index in [0.717, 1.165) is 17.0 Å². The quantitative estimate of drug-likeness (QED) is 0.569. The first-order valence-electron chi connectivity index (χ1n) is 7.81. The van der Waals surface area contributed by atoms with Crippen LogP contribution >= 0.6 is 11.8 Å². The summed E-state index contributed by atoms with van der Waals surface area (Å²) in [6, 6.07) is 15.9. The molecule has 0 aliphatic heterocycles. The van der Waals surface area contributed by atoms with Crippen molar-refractivity contribution in [3.63, 3.8) is 0 Å². The van der Waals surface area contributed by atoms with Crippen molar-refractivity contribution in [1.29, 1.82) is 5.26 Å². The van der Waals surface area contributed by atoms with Crippen LogP contribution in [0.3, 0.4) is 0 Å². The van der Waals surface area contributed by atoms with Crippen LogP contribution in [0.4, 0.5) is 13.2 Å². The van der Waals surface area contributed by atoms with Gasteiger partial charge in [-0.3, -0.25) is 0 Å². The number of hydrogen-bond acceptors (Lipinski definition) is 4. The van der Waals surface area contributed by atoms with Crippen molar-refractivity contribution < 1.29 is 17.9 Å². The molecule has 136 valence electrons. The third kappa shape index (κ3) is 4.23. The van der Waals surface area contributed by atoms with E-state index in [0.29, 0.717) is 21.9 Å². The number of para-hydroxylation sites is 1. The van der Waals surface area contributed by atoms with Gasteiger partial charge < -0.3 is 4.74 Å². The number of hydrogen-bond donors (Lipinski definition) is 0. The molecule has 7 heteroatoms. The summed E-state index contributed by atoms with van der Waals surface area (Å²) in [5, 5.41) is 9.92. The summed E-state index contributed by atoms with van der Waals surface area (Å²) in [5.41, 5.74) is 0.330. The van der Waals surface area contributed by atoms with Crippen molar-refractivity contribution in [2.45, 2.75) is 16.1 Å². The average molecular weight is 386 g/mol. The third-order valence-corrected chi connectivity index (χ3v) is 4.85. The smallest absolute Gasteiger partial charge is 0.416 e. The maximum atomic E-state index is 12.9. The maximum Gasteiger partial charge on any atom is 0.416 e. The van der Waals surface area contributed by atoms with Crippen molar-refractivity contribution >= 4 is 11.8 Å². The van der Waals surface area contributed by atoms with Gasteiger partial charge in [0.25, 0.3) is 0 Å². The van der Waals surface area contributed by atoms with Gasteiger partial charge in [-0.1, -0.05) is 36.0 Å². The number of rotatable bonds is 4. The molecule has 0 aliphatic carbocycles. The second-order valence-electron chi connectivity index (χ2n) is 5.52. The molecule has 3 rings (SSSR count). The van der Waals surface area contributed by atoms with E-state index in [2.05, 4.69) is 11.1 Å². The van der Waals surface area contributed by atoms with Crippen LogP contribution in [-0.4, -0.2) is 12.1 Å². The second-order valence-corrected chi connectivity index (χ2v) is 6.55. The van der Waals surface area contributed by atoms with Crippen LogP contribution in [-0.2, 0) is 6.18 Å². The molecule has 0 radical (unpaired) electrons. The predicted molar refractivity (Wildman–Crippen MR) is 96.5 cm³/mol. The lowest BCUT2D eigenvalue weighted by Gasteiger charge is -2.11. The Morgan fingerprint density at radius 2 is 1.81 bits per heavy atom. The highest BCUT2D eigenvalue weighted by Gasteiger charge is 2.30. The zero-order valence-electron chi connectivity index (χ0n) is 14.1. The lowest BCUT2D eigenvalue weighted by molar-refractivity contribution is -0.137. The molecule has 0 fully saturated rings. The highest BCUT2D eigenvalue weighted by Crippen LogP contribution is 2.37. The number of nitriles is 1. The molecule has 3 nitrogen and oxygen atoms in total. The molecule has 0 N–H and O–H groups in total. The first-order valence-corrected chi connectivity index (χ1v) is 8.62. The first-order chi connectivity index (χ1) is 12.9. The summed E-state index contributed by atoms with van der Waals surface area (Å²) in [6.07, 6.45) is -2.96. The molecule has 27 heavy (non-hydrogen) atoms. The van der Waals surface area contributed by atoms with Crippen LogP contribution in [0, 0.1) is 11.3 Å². The zero-order chi connectivity index (χ0) is 19.4. The van der Waals surface area contributed by atoms with Crippen LogP contribution < -0.4 is 4.74 Å². The molecule has 0 saturated heterocycles. The fourth-order valence-electron chi connectivity index (χ4n) is 2.45. The minimum absolute atomic E-state index is 0.279. The molecule has 0 amide bonds. The summed E-state index contributed by atoms with van der Waals surface area (Å²) in [7, 11) is 1.55. The topological polar surface area (TPSA) is 45.9 Å². The molecule has 3 aromatic rings. The van der Waals surface area contributed by atoms with Gasteiger partial charge in [0.15, 0.2) is 0 Å². The van der Waals surface area contributed by atoms with Gasteiger partial charge in [0, 0.05) is 11.8 Å². The van der Waals surface area contributed by atoms with E-state index in [4.69, 9.17) is 4.74 Å². The fourth-order valence-corrected chi connectivity index (χ4v) is 3.38. The van der Waals surface area contributed by atoms with Crippen LogP contribution in [0.15, 0.2) is 70.7 Å². The molecule has 0 aliphatic rings. The Morgan fingerprint density at radius 3 is 2.52 bits per heavy atom. The minimum Gasteiger partial charge on any atom is -0.496 e. The molecule has 1 heterocycles. The Balaban J connectivity index is 1.97. The SMILES string of the molecule is COc1ccccc1Sc1ncc(-c2cccc(C(F)(F)F)c2)cc1C#N. The first kappa shape index (κ1) is 18.8. The van der Waals surface area contributed by atoms with Crippen LogP contribution in [0.2, 0.25) is 0 Å². The highest BCUT2D eigenvalue weighted by atomic mass is 32.2. The molecule has 1 aromatic heterocycles. The number of ether oxygens (including phenoxy) is 1. The summed E-state index contributed by atoms with van der Waals surface area (Å²) in [6.45, 7) is 0. The van der Waals surface area contributed by atoms with E-state index < -0.39 is 11.7 Å². The number of methoxy groups -OCH3 is 1. The van der Waals surface area contributed by atoms with Gasteiger partial charge in [0.1, 0.15) is 16.8 Å². The fraction of sp³-hybridized carbons (Fsp3) is 0.100. The Labute approximate surface area is 158 Å². The predicted octanol–water partition coefficient (Wildman–Crippen LogP) is 5.80. The monoisotopic (exact) mass is 386 g/mol. The van der Waals surface area contributed by atoms with Gasteiger partial charge in [0.05, 0.1) is 23.1 Å². The lowest BCUT2D eigenvalue weighted by Crippen LogP contribution is -2.04. The van der Waals surface area contributed by atoms with Crippen molar-refractivity contribution in [2.75, 3.05) is 7.11 Å². The van der Waals surface area contributed by atoms with Crippen molar-refractivity contribution in [3.8, 4) is 22.9 Å². The van der Waals surface area contributed by atoms with Gasteiger partial charge in [-0.05, 0) is 35.9 Å². The Bertz CT molecular complexity index is 1010. The van der Waals surface area contributed by atoms with Crippen molar-refractivity contribution in [3.05, 3.63) is 71.9 Å². The number of aromatic nitrogens is 1. The molecule has 2 aromatic carbocycles. The summed E-state index contributed by atoms with van der Waals surface area (Å²) < 4.78 is 44.1. The molecule has 0 atom stereocenters. The van der Waals surface area contributed by atoms with E-state index in [1.165, 1.54) is 24.0 Å². The van der Waals surface area contributed by atoms with Crippen LogP contribution in [0.25, 0.3) is 11.1 Å². The summed E-state index contributed by atoms with van der Waals surface area (Å²) in [4.78, 5) is 5.08. The van der Waals surface area contributed by atoms with E-state index >= 15 is 0 Å². The standard InChI is InChI=1S/C20H13F3N2OS/c1-26-17-7-2-3-8-18(17)27-19-14(11-24)9-15(12-25-19)13-5-4-6-16(10-13)20(21,22)23/h2-10,12H,1H3. The van der Waals surface area contributed by atoms with Crippen molar-refractivity contribution in [2.24, 2.45) is 0 Å². The van der Waals surface area contributed by atoms with Crippen molar-refractivity contribution in [1.82, 2.24) is 4.98 Å².